The normalized spacial score (nSPS) is 12.9. The summed E-state index contributed by atoms with van der Waals surface area (Å²) in [4.78, 5) is 4.34. The first-order valence-corrected chi connectivity index (χ1v) is 5.19. The van der Waals surface area contributed by atoms with Gasteiger partial charge in [-0.1, -0.05) is 5.21 Å². The third kappa shape index (κ3) is 2.27. The average molecular weight is 220 g/mol. The van der Waals surface area contributed by atoms with E-state index in [0.29, 0.717) is 0 Å². The summed E-state index contributed by atoms with van der Waals surface area (Å²) in [5.74, 6) is 0. The van der Waals surface area contributed by atoms with Gasteiger partial charge in [0.15, 0.2) is 0 Å². The van der Waals surface area contributed by atoms with E-state index >= 15 is 0 Å². The van der Waals surface area contributed by atoms with E-state index in [9.17, 15) is 0 Å². The van der Waals surface area contributed by atoms with Gasteiger partial charge in [-0.2, -0.15) is 0 Å². The third-order valence-corrected chi connectivity index (χ3v) is 2.49. The van der Waals surface area contributed by atoms with E-state index in [4.69, 9.17) is 0 Å². The molecule has 0 aliphatic carbocycles. The number of imidazole rings is 1. The zero-order valence-corrected chi connectivity index (χ0v) is 9.75. The maximum absolute atomic E-state index is 4.34. The largest absolute Gasteiger partial charge is 0.340 e. The summed E-state index contributed by atoms with van der Waals surface area (Å²) in [5, 5.41) is 11.2. The van der Waals surface area contributed by atoms with Gasteiger partial charge in [-0.15, -0.1) is 5.10 Å². The van der Waals surface area contributed by atoms with E-state index in [1.54, 1.807) is 11.0 Å². The molecule has 1 N–H and O–H groups in total. The summed E-state index contributed by atoms with van der Waals surface area (Å²) in [6, 6.07) is 0.179. The van der Waals surface area contributed by atoms with Gasteiger partial charge in [-0.25, -0.2) is 4.98 Å². The van der Waals surface area contributed by atoms with Gasteiger partial charge < -0.3 is 9.88 Å². The van der Waals surface area contributed by atoms with Gasteiger partial charge >= 0.3 is 0 Å². The minimum Gasteiger partial charge on any atom is -0.340 e. The van der Waals surface area contributed by atoms with Crippen molar-refractivity contribution in [2.45, 2.75) is 12.5 Å². The molecule has 0 aromatic carbocycles. The highest BCUT2D eigenvalue weighted by Crippen LogP contribution is 2.14. The lowest BCUT2D eigenvalue weighted by Gasteiger charge is -2.11. The van der Waals surface area contributed by atoms with Gasteiger partial charge in [-0.3, -0.25) is 4.68 Å². The lowest BCUT2D eigenvalue weighted by molar-refractivity contribution is 0.570. The van der Waals surface area contributed by atoms with Crippen LogP contribution in [-0.4, -0.2) is 31.6 Å². The smallest absolute Gasteiger partial charge is 0.0947 e. The highest BCUT2D eigenvalue weighted by Gasteiger charge is 2.14. The second-order valence-electron chi connectivity index (χ2n) is 3.89. The van der Waals surface area contributed by atoms with Gasteiger partial charge in [0.25, 0.3) is 0 Å². The quantitative estimate of drug-likeness (QED) is 0.791. The molecule has 2 rings (SSSR count). The number of rotatable bonds is 4. The lowest BCUT2D eigenvalue weighted by atomic mass is 10.1. The van der Waals surface area contributed by atoms with Crippen molar-refractivity contribution in [2.75, 3.05) is 7.05 Å². The van der Waals surface area contributed by atoms with Gasteiger partial charge in [0.1, 0.15) is 0 Å². The van der Waals surface area contributed by atoms with Crippen LogP contribution in [0.2, 0.25) is 0 Å². The van der Waals surface area contributed by atoms with Crippen LogP contribution in [0.5, 0.6) is 0 Å². The van der Waals surface area contributed by atoms with Crippen molar-refractivity contribution >= 4 is 0 Å². The molecule has 2 aromatic rings. The zero-order valence-electron chi connectivity index (χ0n) is 9.75. The SMILES string of the molecule is CNC(Cc1cn(C)nn1)c1cn(C)cn1. The zero-order chi connectivity index (χ0) is 11.5. The first kappa shape index (κ1) is 10.8. The summed E-state index contributed by atoms with van der Waals surface area (Å²) < 4.78 is 3.65. The highest BCUT2D eigenvalue weighted by atomic mass is 15.4. The van der Waals surface area contributed by atoms with Crippen molar-refractivity contribution in [1.82, 2.24) is 29.9 Å². The van der Waals surface area contributed by atoms with E-state index in [2.05, 4.69) is 20.6 Å². The Balaban J connectivity index is 2.12. The van der Waals surface area contributed by atoms with Gasteiger partial charge in [0.2, 0.25) is 0 Å². The molecular formula is C10H16N6. The van der Waals surface area contributed by atoms with Gasteiger partial charge in [-0.05, 0) is 7.05 Å². The van der Waals surface area contributed by atoms with Crippen molar-refractivity contribution in [3.63, 3.8) is 0 Å². The third-order valence-electron chi connectivity index (χ3n) is 2.49. The number of nitrogens with zero attached hydrogens (tertiary/aromatic N) is 5. The molecule has 0 amide bonds. The lowest BCUT2D eigenvalue weighted by Crippen LogP contribution is -2.19. The number of aromatic nitrogens is 5. The second kappa shape index (κ2) is 4.44. The molecule has 86 valence electrons. The van der Waals surface area contributed by atoms with E-state index in [1.165, 1.54) is 0 Å². The summed E-state index contributed by atoms with van der Waals surface area (Å²) in [6.07, 6.45) is 6.53. The molecular weight excluding hydrogens is 204 g/mol. The first-order valence-electron chi connectivity index (χ1n) is 5.19. The Morgan fingerprint density at radius 1 is 1.38 bits per heavy atom. The first-order chi connectivity index (χ1) is 7.69. The van der Waals surface area contributed by atoms with Crippen LogP contribution in [0.1, 0.15) is 17.4 Å². The number of likely N-dealkylation sites (N-methyl/N-ethyl adjacent to an activating group) is 1. The molecule has 0 spiro atoms. The predicted molar refractivity (Wildman–Crippen MR) is 59.7 cm³/mol. The number of hydrogen-bond donors (Lipinski definition) is 1. The number of nitrogens with one attached hydrogen (secondary N) is 1. The van der Waals surface area contributed by atoms with E-state index in [-0.39, 0.29) is 6.04 Å². The maximum Gasteiger partial charge on any atom is 0.0947 e. The summed E-state index contributed by atoms with van der Waals surface area (Å²) in [6.45, 7) is 0. The van der Waals surface area contributed by atoms with Crippen LogP contribution in [0.4, 0.5) is 0 Å². The Kier molecular flexibility index (Phi) is 3.00. The van der Waals surface area contributed by atoms with Crippen LogP contribution >= 0.6 is 0 Å². The Morgan fingerprint density at radius 2 is 2.19 bits per heavy atom. The fourth-order valence-electron chi connectivity index (χ4n) is 1.67. The molecule has 1 atom stereocenters. The molecule has 0 aliphatic heterocycles. The van der Waals surface area contributed by atoms with Crippen LogP contribution < -0.4 is 5.32 Å². The van der Waals surface area contributed by atoms with E-state index < -0.39 is 0 Å². The Labute approximate surface area is 94.3 Å². The average Bonchev–Trinajstić information content (AvgIpc) is 2.84. The molecule has 0 saturated carbocycles. The monoisotopic (exact) mass is 220 g/mol. The van der Waals surface area contributed by atoms with E-state index in [1.807, 2.05) is 38.1 Å². The molecule has 0 saturated heterocycles. The van der Waals surface area contributed by atoms with E-state index in [0.717, 1.165) is 17.8 Å². The molecule has 2 heterocycles. The van der Waals surface area contributed by atoms with Crippen molar-refractivity contribution in [1.29, 1.82) is 0 Å². The molecule has 16 heavy (non-hydrogen) atoms. The molecule has 0 aliphatic rings. The van der Waals surface area contributed by atoms with Crippen molar-refractivity contribution in [3.05, 3.63) is 30.1 Å². The fraction of sp³-hybridized carbons (Fsp3) is 0.500. The van der Waals surface area contributed by atoms with Crippen molar-refractivity contribution in [2.24, 2.45) is 14.1 Å². The Morgan fingerprint density at radius 3 is 2.69 bits per heavy atom. The molecule has 1 unspecified atom stereocenters. The number of hydrogen-bond acceptors (Lipinski definition) is 4. The standard InChI is InChI=1S/C10H16N6/c1-11-9(10-6-15(2)7-12-10)4-8-5-16(3)14-13-8/h5-7,9,11H,4H2,1-3H3. The van der Waals surface area contributed by atoms with Crippen molar-refractivity contribution in [3.8, 4) is 0 Å². The number of aryl methyl sites for hydroxylation is 2. The minimum atomic E-state index is 0.179. The molecule has 6 heteroatoms. The van der Waals surface area contributed by atoms with Gasteiger partial charge in [0.05, 0.1) is 23.8 Å². The fourth-order valence-corrected chi connectivity index (χ4v) is 1.67. The Bertz CT molecular complexity index is 457. The van der Waals surface area contributed by atoms with Crippen LogP contribution in [0.25, 0.3) is 0 Å². The molecule has 0 fully saturated rings. The van der Waals surface area contributed by atoms with Crippen LogP contribution in [0.3, 0.4) is 0 Å². The van der Waals surface area contributed by atoms with Crippen molar-refractivity contribution < 1.29 is 0 Å². The van der Waals surface area contributed by atoms with Gasteiger partial charge in [0, 0.05) is 32.9 Å². The summed E-state index contributed by atoms with van der Waals surface area (Å²) >= 11 is 0. The summed E-state index contributed by atoms with van der Waals surface area (Å²) in [7, 11) is 5.76. The molecule has 0 bridgehead atoms. The topological polar surface area (TPSA) is 60.6 Å². The summed E-state index contributed by atoms with van der Waals surface area (Å²) in [5.41, 5.74) is 1.99. The maximum atomic E-state index is 4.34. The molecule has 6 nitrogen and oxygen atoms in total. The van der Waals surface area contributed by atoms with Crippen LogP contribution in [-0.2, 0) is 20.5 Å². The second-order valence-corrected chi connectivity index (χ2v) is 3.89. The molecule has 2 aromatic heterocycles. The molecule has 0 radical (unpaired) electrons. The predicted octanol–water partition coefficient (Wildman–Crippen LogP) is 0.0518. The van der Waals surface area contributed by atoms with Crippen LogP contribution in [0.15, 0.2) is 18.7 Å². The highest BCUT2D eigenvalue weighted by molar-refractivity contribution is 5.08. The minimum absolute atomic E-state index is 0.179. The Hall–Kier alpha value is -1.69. The van der Waals surface area contributed by atoms with Crippen LogP contribution in [0, 0.1) is 0 Å².